The van der Waals surface area contributed by atoms with Crippen LogP contribution in [0.1, 0.15) is 25.3 Å². The Morgan fingerprint density at radius 2 is 2.31 bits per heavy atom. The molecular formula is C11H14N2O3. The lowest BCUT2D eigenvalue weighted by molar-refractivity contribution is -0.485. The lowest BCUT2D eigenvalue weighted by Gasteiger charge is -2.25. The molecule has 1 aromatic heterocycles. The van der Waals surface area contributed by atoms with Crippen molar-refractivity contribution in [2.45, 2.75) is 19.8 Å². The molecule has 16 heavy (non-hydrogen) atoms. The van der Waals surface area contributed by atoms with E-state index in [9.17, 15) is 14.9 Å². The van der Waals surface area contributed by atoms with Crippen molar-refractivity contribution in [3.63, 3.8) is 0 Å². The summed E-state index contributed by atoms with van der Waals surface area (Å²) < 4.78 is 0. The summed E-state index contributed by atoms with van der Waals surface area (Å²) in [7, 11) is 0. The molecule has 0 saturated heterocycles. The Hall–Kier alpha value is -1.78. The van der Waals surface area contributed by atoms with Crippen LogP contribution in [0.5, 0.6) is 0 Å². The van der Waals surface area contributed by atoms with Crippen LogP contribution in [0.2, 0.25) is 0 Å². The molecule has 86 valence electrons. The first-order valence-electron chi connectivity index (χ1n) is 4.95. The van der Waals surface area contributed by atoms with Gasteiger partial charge in [0.1, 0.15) is 6.29 Å². The SMILES string of the molecule is CC(C)(C=O)[C@H](C[N+](=O)[O-])c1cccnc1. The number of carbonyl (C=O) groups is 1. The summed E-state index contributed by atoms with van der Waals surface area (Å²) in [5.74, 6) is -0.450. The van der Waals surface area contributed by atoms with Crippen LogP contribution in [0.15, 0.2) is 24.5 Å². The number of aromatic nitrogens is 1. The van der Waals surface area contributed by atoms with Crippen molar-refractivity contribution in [3.8, 4) is 0 Å². The van der Waals surface area contributed by atoms with Gasteiger partial charge in [0.15, 0.2) is 0 Å². The number of hydrogen-bond acceptors (Lipinski definition) is 4. The molecular weight excluding hydrogens is 208 g/mol. The number of nitrogens with zero attached hydrogens (tertiary/aromatic N) is 2. The van der Waals surface area contributed by atoms with Crippen LogP contribution in [0.4, 0.5) is 0 Å². The largest absolute Gasteiger partial charge is 0.303 e. The van der Waals surface area contributed by atoms with E-state index in [4.69, 9.17) is 0 Å². The Morgan fingerprint density at radius 1 is 1.62 bits per heavy atom. The molecule has 1 aromatic rings. The maximum absolute atomic E-state index is 11.0. The normalized spacial score (nSPS) is 13.1. The zero-order valence-corrected chi connectivity index (χ0v) is 9.29. The number of aldehydes is 1. The Bertz CT molecular complexity index is 376. The Balaban J connectivity index is 3.06. The third-order valence-electron chi connectivity index (χ3n) is 2.62. The summed E-state index contributed by atoms with van der Waals surface area (Å²) in [6.45, 7) is 3.12. The third-order valence-corrected chi connectivity index (χ3v) is 2.62. The van der Waals surface area contributed by atoms with Gasteiger partial charge in [-0.2, -0.15) is 0 Å². The van der Waals surface area contributed by atoms with Crippen molar-refractivity contribution in [2.75, 3.05) is 6.54 Å². The zero-order valence-electron chi connectivity index (χ0n) is 9.29. The molecule has 5 nitrogen and oxygen atoms in total. The third kappa shape index (κ3) is 2.85. The average molecular weight is 222 g/mol. The van der Waals surface area contributed by atoms with E-state index in [-0.39, 0.29) is 6.54 Å². The quantitative estimate of drug-likeness (QED) is 0.431. The van der Waals surface area contributed by atoms with Gasteiger partial charge in [-0.1, -0.05) is 19.9 Å². The number of carbonyl (C=O) groups excluding carboxylic acids is 1. The first-order valence-corrected chi connectivity index (χ1v) is 4.95. The fraction of sp³-hybridized carbons (Fsp3) is 0.455. The summed E-state index contributed by atoms with van der Waals surface area (Å²) >= 11 is 0. The van der Waals surface area contributed by atoms with Gasteiger partial charge in [-0.15, -0.1) is 0 Å². The average Bonchev–Trinajstić information content (AvgIpc) is 2.27. The molecule has 0 N–H and O–H groups in total. The molecule has 0 amide bonds. The molecule has 5 heteroatoms. The van der Waals surface area contributed by atoms with Gasteiger partial charge in [0.05, 0.1) is 5.92 Å². The van der Waals surface area contributed by atoms with E-state index < -0.39 is 16.3 Å². The summed E-state index contributed by atoms with van der Waals surface area (Å²) in [5, 5.41) is 10.6. The lowest BCUT2D eigenvalue weighted by Crippen LogP contribution is -2.29. The Labute approximate surface area is 93.7 Å². The van der Waals surface area contributed by atoms with Gasteiger partial charge < -0.3 is 4.79 Å². The maximum atomic E-state index is 11.0. The predicted molar refractivity (Wildman–Crippen MR) is 58.7 cm³/mol. The van der Waals surface area contributed by atoms with Crippen molar-refractivity contribution in [1.29, 1.82) is 0 Å². The van der Waals surface area contributed by atoms with Crippen LogP contribution in [-0.2, 0) is 4.79 Å². The van der Waals surface area contributed by atoms with Gasteiger partial charge in [-0.05, 0) is 11.6 Å². The molecule has 1 heterocycles. The first kappa shape index (κ1) is 12.3. The topological polar surface area (TPSA) is 73.1 Å². The second-order valence-electron chi connectivity index (χ2n) is 4.29. The van der Waals surface area contributed by atoms with Gasteiger partial charge >= 0.3 is 0 Å². The lowest BCUT2D eigenvalue weighted by atomic mass is 9.76. The summed E-state index contributed by atoms with van der Waals surface area (Å²) in [5.41, 5.74) is -0.0490. The molecule has 0 spiro atoms. The number of rotatable bonds is 5. The fourth-order valence-electron chi connectivity index (χ4n) is 1.58. The van der Waals surface area contributed by atoms with E-state index in [1.165, 1.54) is 0 Å². The molecule has 0 bridgehead atoms. The Morgan fingerprint density at radius 3 is 2.75 bits per heavy atom. The molecule has 0 saturated carbocycles. The molecule has 0 unspecified atom stereocenters. The van der Waals surface area contributed by atoms with Crippen LogP contribution in [0.3, 0.4) is 0 Å². The van der Waals surface area contributed by atoms with E-state index in [0.29, 0.717) is 0 Å². The molecule has 0 aromatic carbocycles. The van der Waals surface area contributed by atoms with Crippen LogP contribution in [-0.4, -0.2) is 22.7 Å². The van der Waals surface area contributed by atoms with E-state index in [0.717, 1.165) is 11.8 Å². The molecule has 0 aliphatic heterocycles. The summed E-state index contributed by atoms with van der Waals surface area (Å²) in [6, 6.07) is 3.47. The van der Waals surface area contributed by atoms with E-state index in [1.54, 1.807) is 38.4 Å². The second kappa shape index (κ2) is 4.83. The molecule has 0 aliphatic carbocycles. The number of pyridine rings is 1. The van der Waals surface area contributed by atoms with Crippen molar-refractivity contribution in [1.82, 2.24) is 4.98 Å². The number of nitro groups is 1. The van der Waals surface area contributed by atoms with Gasteiger partial charge in [0.25, 0.3) is 0 Å². The van der Waals surface area contributed by atoms with Crippen LogP contribution < -0.4 is 0 Å². The van der Waals surface area contributed by atoms with E-state index >= 15 is 0 Å². The molecule has 0 fully saturated rings. The highest BCUT2D eigenvalue weighted by Gasteiger charge is 2.34. The Kier molecular flexibility index (Phi) is 3.71. The van der Waals surface area contributed by atoms with Crippen LogP contribution in [0.25, 0.3) is 0 Å². The van der Waals surface area contributed by atoms with Crippen molar-refractivity contribution in [2.24, 2.45) is 5.41 Å². The zero-order chi connectivity index (χ0) is 12.2. The standard InChI is InChI=1S/C11H14N2O3/c1-11(2,8-14)10(7-13(15)16)9-4-3-5-12-6-9/h3-6,8,10H,7H2,1-2H3/t10-/m1/s1. The maximum Gasteiger partial charge on any atom is 0.211 e. The minimum atomic E-state index is -0.768. The van der Waals surface area contributed by atoms with Gasteiger partial charge in [0.2, 0.25) is 6.54 Å². The highest BCUT2D eigenvalue weighted by molar-refractivity contribution is 5.60. The van der Waals surface area contributed by atoms with Gasteiger partial charge in [-0.3, -0.25) is 15.1 Å². The van der Waals surface area contributed by atoms with Crippen molar-refractivity contribution < 1.29 is 9.72 Å². The molecule has 1 rings (SSSR count). The molecule has 0 aliphatic rings. The van der Waals surface area contributed by atoms with Gasteiger partial charge in [-0.25, -0.2) is 0 Å². The monoisotopic (exact) mass is 222 g/mol. The first-order chi connectivity index (χ1) is 7.47. The smallest absolute Gasteiger partial charge is 0.211 e. The van der Waals surface area contributed by atoms with E-state index in [2.05, 4.69) is 4.98 Å². The highest BCUT2D eigenvalue weighted by atomic mass is 16.6. The van der Waals surface area contributed by atoms with Crippen molar-refractivity contribution in [3.05, 3.63) is 40.2 Å². The van der Waals surface area contributed by atoms with E-state index in [1.807, 2.05) is 0 Å². The summed E-state index contributed by atoms with van der Waals surface area (Å²) in [4.78, 5) is 25.1. The molecule has 1 atom stereocenters. The molecule has 0 radical (unpaired) electrons. The summed E-state index contributed by atoms with van der Waals surface area (Å²) in [6.07, 6.45) is 3.92. The van der Waals surface area contributed by atoms with Crippen LogP contribution in [0, 0.1) is 15.5 Å². The highest BCUT2D eigenvalue weighted by Crippen LogP contribution is 2.33. The minimum Gasteiger partial charge on any atom is -0.303 e. The van der Waals surface area contributed by atoms with Gasteiger partial charge in [0, 0.05) is 22.7 Å². The second-order valence-corrected chi connectivity index (χ2v) is 4.29. The minimum absolute atomic E-state index is 0.266. The number of hydrogen-bond donors (Lipinski definition) is 0. The van der Waals surface area contributed by atoms with Crippen molar-refractivity contribution >= 4 is 6.29 Å². The predicted octanol–water partition coefficient (Wildman–Crippen LogP) is 1.67. The van der Waals surface area contributed by atoms with Crippen LogP contribution >= 0.6 is 0 Å². The fourth-order valence-corrected chi connectivity index (χ4v) is 1.58.